The first-order valence-electron chi connectivity index (χ1n) is 5.17. The van der Waals surface area contributed by atoms with Gasteiger partial charge >= 0.3 is 0 Å². The molecule has 0 aliphatic heterocycles. The van der Waals surface area contributed by atoms with Crippen LogP contribution in [0.4, 0.5) is 0 Å². The molecular weight excluding hydrogens is 186 g/mol. The standard InChI is InChI=1S/C13H19NO/c1-9-6-11(3)12(7-10(9)2)13(8-15)14(4)5/h6-8,13H,1-5H3. The van der Waals surface area contributed by atoms with Crippen LogP contribution in [0, 0.1) is 20.8 Å². The number of nitrogens with zero attached hydrogens (tertiary/aromatic N) is 1. The molecule has 2 heteroatoms. The van der Waals surface area contributed by atoms with Crippen LogP contribution in [-0.4, -0.2) is 25.3 Å². The van der Waals surface area contributed by atoms with Crippen molar-refractivity contribution in [1.29, 1.82) is 0 Å². The van der Waals surface area contributed by atoms with E-state index < -0.39 is 0 Å². The fraction of sp³-hybridized carbons (Fsp3) is 0.462. The highest BCUT2D eigenvalue weighted by Crippen LogP contribution is 2.23. The Morgan fingerprint density at radius 1 is 1.07 bits per heavy atom. The number of hydrogen-bond acceptors (Lipinski definition) is 2. The Balaban J connectivity index is 3.24. The topological polar surface area (TPSA) is 20.3 Å². The molecule has 0 saturated heterocycles. The molecule has 0 saturated carbocycles. The van der Waals surface area contributed by atoms with Crippen LogP contribution in [0.5, 0.6) is 0 Å². The van der Waals surface area contributed by atoms with Crippen LogP contribution in [0.1, 0.15) is 28.3 Å². The zero-order chi connectivity index (χ0) is 11.6. The molecule has 1 atom stereocenters. The minimum Gasteiger partial charge on any atom is -0.301 e. The van der Waals surface area contributed by atoms with Gasteiger partial charge in [0.05, 0.1) is 6.04 Å². The summed E-state index contributed by atoms with van der Waals surface area (Å²) in [5, 5.41) is 0. The van der Waals surface area contributed by atoms with E-state index in [0.29, 0.717) is 0 Å². The summed E-state index contributed by atoms with van der Waals surface area (Å²) in [6, 6.07) is 4.12. The van der Waals surface area contributed by atoms with Gasteiger partial charge in [-0.2, -0.15) is 0 Å². The van der Waals surface area contributed by atoms with Crippen molar-refractivity contribution in [3.63, 3.8) is 0 Å². The predicted octanol–water partition coefficient (Wildman–Crippen LogP) is 2.41. The molecule has 1 unspecified atom stereocenters. The second-order valence-electron chi connectivity index (χ2n) is 4.34. The van der Waals surface area contributed by atoms with Crippen LogP contribution in [0.2, 0.25) is 0 Å². The summed E-state index contributed by atoms with van der Waals surface area (Å²) in [5.41, 5.74) is 4.81. The predicted molar refractivity (Wildman–Crippen MR) is 63.1 cm³/mol. The molecular formula is C13H19NO. The van der Waals surface area contributed by atoms with Crippen LogP contribution in [0.3, 0.4) is 0 Å². The lowest BCUT2D eigenvalue weighted by atomic mass is 9.96. The van der Waals surface area contributed by atoms with Crippen molar-refractivity contribution in [2.75, 3.05) is 14.1 Å². The molecule has 0 bridgehead atoms. The van der Waals surface area contributed by atoms with Crippen molar-refractivity contribution >= 4 is 6.29 Å². The van der Waals surface area contributed by atoms with Gasteiger partial charge in [0.25, 0.3) is 0 Å². The maximum absolute atomic E-state index is 11.1. The summed E-state index contributed by atoms with van der Waals surface area (Å²) < 4.78 is 0. The lowest BCUT2D eigenvalue weighted by Gasteiger charge is -2.21. The Bertz CT molecular complexity index is 369. The van der Waals surface area contributed by atoms with E-state index in [2.05, 4.69) is 32.9 Å². The lowest BCUT2D eigenvalue weighted by Crippen LogP contribution is -2.22. The zero-order valence-corrected chi connectivity index (χ0v) is 10.2. The van der Waals surface area contributed by atoms with Crippen LogP contribution in [-0.2, 0) is 4.79 Å². The normalized spacial score (nSPS) is 12.9. The highest BCUT2D eigenvalue weighted by molar-refractivity contribution is 5.63. The Hall–Kier alpha value is -1.15. The van der Waals surface area contributed by atoms with Gasteiger partial charge in [-0.05, 0) is 57.1 Å². The number of carbonyl (C=O) groups is 1. The summed E-state index contributed by atoms with van der Waals surface area (Å²) >= 11 is 0. The molecule has 82 valence electrons. The molecule has 0 spiro atoms. The first kappa shape index (κ1) is 11.9. The molecule has 1 aromatic rings. The summed E-state index contributed by atoms with van der Waals surface area (Å²) in [6.45, 7) is 6.23. The SMILES string of the molecule is Cc1cc(C)c(C(C=O)N(C)C)cc1C. The highest BCUT2D eigenvalue weighted by atomic mass is 16.1. The van der Waals surface area contributed by atoms with E-state index >= 15 is 0 Å². The summed E-state index contributed by atoms with van der Waals surface area (Å²) in [6.07, 6.45) is 0.997. The van der Waals surface area contributed by atoms with Gasteiger partial charge in [-0.25, -0.2) is 0 Å². The molecule has 15 heavy (non-hydrogen) atoms. The third kappa shape index (κ3) is 2.45. The van der Waals surface area contributed by atoms with E-state index in [1.165, 1.54) is 16.7 Å². The molecule has 0 aliphatic rings. The fourth-order valence-electron chi connectivity index (χ4n) is 1.77. The van der Waals surface area contributed by atoms with Gasteiger partial charge in [0.15, 0.2) is 0 Å². The molecule has 1 rings (SSSR count). The van der Waals surface area contributed by atoms with Gasteiger partial charge in [-0.15, -0.1) is 0 Å². The Morgan fingerprint density at radius 2 is 1.60 bits per heavy atom. The summed E-state index contributed by atoms with van der Waals surface area (Å²) in [7, 11) is 3.85. The zero-order valence-electron chi connectivity index (χ0n) is 10.2. The van der Waals surface area contributed by atoms with Crippen molar-refractivity contribution in [3.05, 3.63) is 34.4 Å². The van der Waals surface area contributed by atoms with Crippen molar-refractivity contribution in [2.24, 2.45) is 0 Å². The van der Waals surface area contributed by atoms with Gasteiger partial charge in [0.2, 0.25) is 0 Å². The van der Waals surface area contributed by atoms with E-state index in [1.54, 1.807) is 0 Å². The first-order chi connectivity index (χ1) is 6.97. The van der Waals surface area contributed by atoms with Crippen molar-refractivity contribution < 1.29 is 4.79 Å². The first-order valence-corrected chi connectivity index (χ1v) is 5.17. The van der Waals surface area contributed by atoms with Crippen LogP contribution >= 0.6 is 0 Å². The molecule has 0 fully saturated rings. The van der Waals surface area contributed by atoms with Gasteiger partial charge in [-0.3, -0.25) is 4.90 Å². The third-order valence-electron chi connectivity index (χ3n) is 2.89. The van der Waals surface area contributed by atoms with Crippen molar-refractivity contribution in [3.8, 4) is 0 Å². The Labute approximate surface area is 91.9 Å². The van der Waals surface area contributed by atoms with E-state index in [9.17, 15) is 4.79 Å². The monoisotopic (exact) mass is 205 g/mol. The number of carbonyl (C=O) groups excluding carboxylic acids is 1. The smallest absolute Gasteiger partial charge is 0.141 e. The molecule has 2 nitrogen and oxygen atoms in total. The number of likely N-dealkylation sites (N-methyl/N-ethyl adjacent to an activating group) is 1. The molecule has 0 heterocycles. The second-order valence-corrected chi connectivity index (χ2v) is 4.34. The highest BCUT2D eigenvalue weighted by Gasteiger charge is 2.15. The van der Waals surface area contributed by atoms with E-state index in [4.69, 9.17) is 0 Å². The third-order valence-corrected chi connectivity index (χ3v) is 2.89. The fourth-order valence-corrected chi connectivity index (χ4v) is 1.77. The minimum atomic E-state index is -0.135. The molecule has 0 aromatic heterocycles. The number of aldehydes is 1. The maximum atomic E-state index is 11.1. The number of benzene rings is 1. The van der Waals surface area contributed by atoms with Crippen LogP contribution in [0.15, 0.2) is 12.1 Å². The van der Waals surface area contributed by atoms with Gasteiger partial charge in [-0.1, -0.05) is 12.1 Å². The Morgan fingerprint density at radius 3 is 2.07 bits per heavy atom. The number of hydrogen-bond donors (Lipinski definition) is 0. The van der Waals surface area contributed by atoms with Crippen LogP contribution < -0.4 is 0 Å². The molecule has 0 amide bonds. The number of aryl methyl sites for hydroxylation is 3. The van der Waals surface area contributed by atoms with Crippen molar-refractivity contribution in [1.82, 2.24) is 4.90 Å². The van der Waals surface area contributed by atoms with Gasteiger partial charge in [0, 0.05) is 0 Å². The van der Waals surface area contributed by atoms with Gasteiger partial charge in [0.1, 0.15) is 6.29 Å². The molecule has 0 aliphatic carbocycles. The largest absolute Gasteiger partial charge is 0.301 e. The lowest BCUT2D eigenvalue weighted by molar-refractivity contribution is -0.111. The number of rotatable bonds is 3. The van der Waals surface area contributed by atoms with E-state index in [1.807, 2.05) is 19.0 Å². The van der Waals surface area contributed by atoms with Crippen LogP contribution in [0.25, 0.3) is 0 Å². The average molecular weight is 205 g/mol. The van der Waals surface area contributed by atoms with Crippen molar-refractivity contribution in [2.45, 2.75) is 26.8 Å². The Kier molecular flexibility index (Phi) is 3.64. The molecule has 0 radical (unpaired) electrons. The maximum Gasteiger partial charge on any atom is 0.141 e. The summed E-state index contributed by atoms with van der Waals surface area (Å²) in [5.74, 6) is 0. The second kappa shape index (κ2) is 4.58. The quantitative estimate of drug-likeness (QED) is 0.706. The minimum absolute atomic E-state index is 0.135. The average Bonchev–Trinajstić information content (AvgIpc) is 2.14. The molecule has 1 aromatic carbocycles. The van der Waals surface area contributed by atoms with E-state index in [-0.39, 0.29) is 6.04 Å². The van der Waals surface area contributed by atoms with E-state index in [0.717, 1.165) is 11.8 Å². The van der Waals surface area contributed by atoms with Gasteiger partial charge < -0.3 is 4.79 Å². The summed E-state index contributed by atoms with van der Waals surface area (Å²) in [4.78, 5) is 13.0. The molecule has 0 N–H and O–H groups in total.